The average Bonchev–Trinajstić information content (AvgIpc) is 2.22. The zero-order chi connectivity index (χ0) is 15.7. The van der Waals surface area contributed by atoms with Crippen LogP contribution in [-0.4, -0.2) is 93.4 Å². The van der Waals surface area contributed by atoms with Crippen molar-refractivity contribution in [2.75, 3.05) is 39.3 Å². The number of hydrogen-bond acceptors (Lipinski definition) is 6. The van der Waals surface area contributed by atoms with Crippen molar-refractivity contribution in [2.24, 2.45) is 0 Å². The largest absolute Gasteiger partial charge is 1.00 e. The number of rotatable bonds is 11. The van der Waals surface area contributed by atoms with E-state index in [9.17, 15) is 19.2 Å². The van der Waals surface area contributed by atoms with E-state index in [-0.39, 0.29) is 99.5 Å². The van der Waals surface area contributed by atoms with E-state index >= 15 is 0 Å². The van der Waals surface area contributed by atoms with Crippen LogP contribution in [0.15, 0.2) is 0 Å². The Balaban J connectivity index is -0.000000602. The monoisotopic (exact) mass is 452 g/mol. The standard InChI is InChI=1S/C10H16N2O8.Cd.2Na/c13-7(14)3-11(4-8(15)16)1-2-12(5-9(17)18)6-10(19)20;;;/h1-6H2,(H,13,14)(H,15,16)(H,17,18)(H,19,20);;;/q;;2*+1. The molecule has 0 unspecified atom stereocenters. The quantitative estimate of drug-likeness (QED) is 0.223. The second-order valence-corrected chi connectivity index (χ2v) is 4.00. The van der Waals surface area contributed by atoms with E-state index in [1.807, 2.05) is 0 Å². The van der Waals surface area contributed by atoms with Gasteiger partial charge in [0, 0.05) is 40.4 Å². The third-order valence-corrected chi connectivity index (χ3v) is 2.17. The summed E-state index contributed by atoms with van der Waals surface area (Å²) in [6.45, 7) is -2.25. The molecule has 0 aliphatic carbocycles. The van der Waals surface area contributed by atoms with Crippen molar-refractivity contribution >= 4 is 23.9 Å². The van der Waals surface area contributed by atoms with Crippen LogP contribution >= 0.6 is 0 Å². The molecule has 0 aliphatic rings. The van der Waals surface area contributed by atoms with Crippen molar-refractivity contribution in [3.63, 3.8) is 0 Å². The third-order valence-electron chi connectivity index (χ3n) is 2.17. The fourth-order valence-corrected chi connectivity index (χ4v) is 1.48. The fraction of sp³-hybridized carbons (Fsp3) is 0.600. The molecule has 0 amide bonds. The topological polar surface area (TPSA) is 156 Å². The van der Waals surface area contributed by atoms with Crippen LogP contribution in [0.4, 0.5) is 0 Å². The second-order valence-electron chi connectivity index (χ2n) is 4.00. The number of carboxylic acids is 4. The fourth-order valence-electron chi connectivity index (χ4n) is 1.48. The second kappa shape index (κ2) is 17.5. The number of carboxylic acid groups (broad SMARTS) is 4. The minimum atomic E-state index is -1.23. The maximum Gasteiger partial charge on any atom is 1.00 e. The van der Waals surface area contributed by atoms with Crippen LogP contribution in [-0.2, 0) is 46.5 Å². The summed E-state index contributed by atoms with van der Waals surface area (Å²) in [7, 11) is 0. The average molecular weight is 451 g/mol. The van der Waals surface area contributed by atoms with E-state index in [0.717, 1.165) is 9.80 Å². The smallest absolute Gasteiger partial charge is 0.480 e. The summed E-state index contributed by atoms with van der Waals surface area (Å²) in [5.74, 6) is -4.91. The van der Waals surface area contributed by atoms with Gasteiger partial charge < -0.3 is 20.4 Å². The van der Waals surface area contributed by atoms with Crippen LogP contribution in [0.5, 0.6) is 0 Å². The van der Waals surface area contributed by atoms with Crippen LogP contribution in [0.3, 0.4) is 0 Å². The maximum atomic E-state index is 10.6. The van der Waals surface area contributed by atoms with Gasteiger partial charge in [0.05, 0.1) is 26.2 Å². The molecule has 10 nitrogen and oxygen atoms in total. The van der Waals surface area contributed by atoms with E-state index in [0.29, 0.717) is 0 Å². The summed E-state index contributed by atoms with van der Waals surface area (Å²) in [4.78, 5) is 44.4. The zero-order valence-corrected chi connectivity index (χ0v) is 21.3. The van der Waals surface area contributed by atoms with Gasteiger partial charge in [-0.25, -0.2) is 0 Å². The van der Waals surface area contributed by atoms with Gasteiger partial charge >= 0.3 is 83.0 Å². The van der Waals surface area contributed by atoms with Gasteiger partial charge in [0.25, 0.3) is 0 Å². The SMILES string of the molecule is O=C(O)CN(CCN(CC(=O)O)CC(=O)O)CC(=O)O.[Cd].[Na+].[Na+]. The Labute approximate surface area is 196 Å². The summed E-state index contributed by atoms with van der Waals surface area (Å²) >= 11 is 0. The normalized spacial score (nSPS) is 9.30. The van der Waals surface area contributed by atoms with Gasteiger partial charge in [-0.05, 0) is 0 Å². The minimum Gasteiger partial charge on any atom is -0.480 e. The molecule has 23 heavy (non-hydrogen) atoms. The van der Waals surface area contributed by atoms with Crippen molar-refractivity contribution < 1.29 is 126 Å². The molecule has 0 fully saturated rings. The Morgan fingerprint density at radius 1 is 0.565 bits per heavy atom. The summed E-state index contributed by atoms with van der Waals surface area (Å²) < 4.78 is 0. The van der Waals surface area contributed by atoms with Gasteiger partial charge in [0.1, 0.15) is 0 Å². The van der Waals surface area contributed by atoms with Gasteiger partial charge in [-0.2, -0.15) is 0 Å². The number of nitrogens with zero attached hydrogens (tertiary/aromatic N) is 2. The first-order valence-electron chi connectivity index (χ1n) is 5.52. The van der Waals surface area contributed by atoms with Crippen molar-refractivity contribution in [1.29, 1.82) is 0 Å². The van der Waals surface area contributed by atoms with Gasteiger partial charge in [0.2, 0.25) is 0 Å². The molecule has 0 rings (SSSR count). The Bertz CT molecular complexity index is 331. The summed E-state index contributed by atoms with van der Waals surface area (Å²) in [5, 5.41) is 34.5. The van der Waals surface area contributed by atoms with Gasteiger partial charge in [-0.1, -0.05) is 0 Å². The van der Waals surface area contributed by atoms with Crippen molar-refractivity contribution in [3.05, 3.63) is 0 Å². The van der Waals surface area contributed by atoms with E-state index in [1.165, 1.54) is 0 Å². The van der Waals surface area contributed by atoms with Crippen LogP contribution in [0.2, 0.25) is 0 Å². The number of carbonyl (C=O) groups is 4. The molecular formula is C10H16CdN2Na2O8+2. The van der Waals surface area contributed by atoms with Gasteiger partial charge in [-0.15, -0.1) is 0 Å². The van der Waals surface area contributed by atoms with E-state index in [1.54, 1.807) is 0 Å². The zero-order valence-electron chi connectivity index (χ0n) is 13.3. The summed E-state index contributed by atoms with van der Waals surface area (Å²) in [6.07, 6.45) is 0. The first kappa shape index (κ1) is 31.5. The van der Waals surface area contributed by atoms with Crippen LogP contribution in [0.1, 0.15) is 0 Å². The Morgan fingerprint density at radius 2 is 0.739 bits per heavy atom. The number of hydrogen-bond donors (Lipinski definition) is 4. The van der Waals surface area contributed by atoms with E-state index in [4.69, 9.17) is 20.4 Å². The minimum absolute atomic E-state index is 0. The molecule has 13 heteroatoms. The van der Waals surface area contributed by atoms with E-state index in [2.05, 4.69) is 0 Å². The molecule has 0 radical (unpaired) electrons. The van der Waals surface area contributed by atoms with Crippen LogP contribution in [0, 0.1) is 0 Å². The Morgan fingerprint density at radius 3 is 0.870 bits per heavy atom. The predicted molar refractivity (Wildman–Crippen MR) is 63.4 cm³/mol. The van der Waals surface area contributed by atoms with Crippen LogP contribution < -0.4 is 59.1 Å². The molecule has 0 bridgehead atoms. The van der Waals surface area contributed by atoms with E-state index < -0.39 is 50.1 Å². The van der Waals surface area contributed by atoms with Crippen molar-refractivity contribution in [1.82, 2.24) is 9.80 Å². The molecule has 0 atom stereocenters. The van der Waals surface area contributed by atoms with Crippen LogP contribution in [0.25, 0.3) is 0 Å². The van der Waals surface area contributed by atoms with Gasteiger partial charge in [-0.3, -0.25) is 29.0 Å². The molecule has 116 valence electrons. The number of aliphatic carboxylic acids is 4. The molecule has 0 aromatic rings. The molecule has 0 aromatic carbocycles. The maximum absolute atomic E-state index is 10.6. The van der Waals surface area contributed by atoms with Crippen molar-refractivity contribution in [3.8, 4) is 0 Å². The van der Waals surface area contributed by atoms with Crippen molar-refractivity contribution in [2.45, 2.75) is 0 Å². The Kier molecular flexibility index (Phi) is 24.0. The summed E-state index contributed by atoms with van der Waals surface area (Å²) in [6, 6.07) is 0. The molecule has 0 aliphatic heterocycles. The molecule has 0 spiro atoms. The predicted octanol–water partition coefficient (Wildman–Crippen LogP) is -8.07. The molecule has 4 N–H and O–H groups in total. The third kappa shape index (κ3) is 20.7. The molecule has 0 saturated heterocycles. The Hall–Kier alpha value is 0.722. The summed E-state index contributed by atoms with van der Waals surface area (Å²) in [5.41, 5.74) is 0. The first-order chi connectivity index (χ1) is 9.20. The molecule has 0 saturated carbocycles. The first-order valence-corrected chi connectivity index (χ1v) is 5.52. The molecule has 0 aromatic heterocycles. The molecule has 0 heterocycles. The van der Waals surface area contributed by atoms with Gasteiger partial charge in [0.15, 0.2) is 0 Å². The molecular weight excluding hydrogens is 435 g/mol.